The van der Waals surface area contributed by atoms with E-state index in [0.717, 1.165) is 45.0 Å². The van der Waals surface area contributed by atoms with Crippen LogP contribution in [0.1, 0.15) is 0 Å². The molecule has 18 heavy (non-hydrogen) atoms. The SMILES string of the molecule is O=C1NCCN1c1ccc(N2CCNCC2)cc1. The zero-order valence-electron chi connectivity index (χ0n) is 10.4. The maximum Gasteiger partial charge on any atom is 0.321 e. The van der Waals surface area contributed by atoms with E-state index in [2.05, 4.69) is 27.7 Å². The summed E-state index contributed by atoms with van der Waals surface area (Å²) >= 11 is 0. The molecule has 0 atom stereocenters. The fourth-order valence-electron chi connectivity index (χ4n) is 2.48. The Hall–Kier alpha value is -1.75. The highest BCUT2D eigenvalue weighted by Crippen LogP contribution is 2.22. The summed E-state index contributed by atoms with van der Waals surface area (Å²) in [6.45, 7) is 5.66. The van der Waals surface area contributed by atoms with Crippen molar-refractivity contribution in [1.82, 2.24) is 10.6 Å². The fourth-order valence-corrected chi connectivity index (χ4v) is 2.48. The highest BCUT2D eigenvalue weighted by Gasteiger charge is 2.21. The van der Waals surface area contributed by atoms with Gasteiger partial charge in [-0.05, 0) is 24.3 Å². The first-order chi connectivity index (χ1) is 8.84. The number of piperazine rings is 1. The maximum atomic E-state index is 11.6. The van der Waals surface area contributed by atoms with Gasteiger partial charge in [0.15, 0.2) is 0 Å². The van der Waals surface area contributed by atoms with Gasteiger partial charge in [0.2, 0.25) is 0 Å². The van der Waals surface area contributed by atoms with Crippen molar-refractivity contribution in [3.63, 3.8) is 0 Å². The van der Waals surface area contributed by atoms with Crippen molar-refractivity contribution in [2.75, 3.05) is 49.1 Å². The van der Waals surface area contributed by atoms with Crippen molar-refractivity contribution >= 4 is 17.4 Å². The second-order valence-electron chi connectivity index (χ2n) is 4.64. The number of nitrogens with one attached hydrogen (secondary N) is 2. The van der Waals surface area contributed by atoms with Gasteiger partial charge in [-0.2, -0.15) is 0 Å². The largest absolute Gasteiger partial charge is 0.369 e. The van der Waals surface area contributed by atoms with E-state index < -0.39 is 0 Å². The first-order valence-corrected chi connectivity index (χ1v) is 6.46. The molecule has 5 heteroatoms. The average molecular weight is 246 g/mol. The minimum atomic E-state index is 0.00456. The van der Waals surface area contributed by atoms with Crippen LogP contribution in [0.25, 0.3) is 0 Å². The zero-order chi connectivity index (χ0) is 12.4. The Morgan fingerprint density at radius 3 is 2.17 bits per heavy atom. The van der Waals surface area contributed by atoms with Gasteiger partial charge < -0.3 is 15.5 Å². The van der Waals surface area contributed by atoms with Crippen molar-refractivity contribution < 1.29 is 4.79 Å². The Labute approximate surface area is 107 Å². The van der Waals surface area contributed by atoms with E-state index in [4.69, 9.17) is 0 Å². The molecule has 2 saturated heterocycles. The van der Waals surface area contributed by atoms with Gasteiger partial charge in [-0.15, -0.1) is 0 Å². The van der Waals surface area contributed by atoms with Crippen molar-refractivity contribution in [3.05, 3.63) is 24.3 Å². The molecule has 96 valence electrons. The molecular weight excluding hydrogens is 228 g/mol. The van der Waals surface area contributed by atoms with E-state index >= 15 is 0 Å². The predicted octanol–water partition coefficient (Wildman–Crippen LogP) is 0.626. The average Bonchev–Trinajstić information content (AvgIpc) is 2.86. The minimum absolute atomic E-state index is 0.00456. The Kier molecular flexibility index (Phi) is 3.06. The maximum absolute atomic E-state index is 11.6. The van der Waals surface area contributed by atoms with Crippen LogP contribution in [-0.2, 0) is 0 Å². The Balaban J connectivity index is 1.74. The molecule has 1 aromatic rings. The third kappa shape index (κ3) is 2.13. The Bertz CT molecular complexity index is 425. The number of amides is 2. The summed E-state index contributed by atoms with van der Waals surface area (Å²) in [5, 5.41) is 6.16. The fraction of sp³-hybridized carbons (Fsp3) is 0.462. The second kappa shape index (κ2) is 4.86. The van der Waals surface area contributed by atoms with Crippen LogP contribution in [0.3, 0.4) is 0 Å². The first kappa shape index (κ1) is 11.3. The van der Waals surface area contributed by atoms with Crippen molar-refractivity contribution in [2.24, 2.45) is 0 Å². The number of hydrogen-bond acceptors (Lipinski definition) is 3. The number of benzene rings is 1. The number of urea groups is 1. The van der Waals surface area contributed by atoms with Crippen LogP contribution >= 0.6 is 0 Å². The van der Waals surface area contributed by atoms with Crippen molar-refractivity contribution in [1.29, 1.82) is 0 Å². The molecular formula is C13H18N4O. The summed E-state index contributed by atoms with van der Waals surface area (Å²) in [6, 6.07) is 8.27. The minimum Gasteiger partial charge on any atom is -0.369 e. The molecule has 0 spiro atoms. The van der Waals surface area contributed by atoms with Gasteiger partial charge in [0, 0.05) is 50.6 Å². The number of carbonyl (C=O) groups excluding carboxylic acids is 1. The van der Waals surface area contributed by atoms with E-state index in [1.807, 2.05) is 12.1 Å². The van der Waals surface area contributed by atoms with E-state index in [1.165, 1.54) is 5.69 Å². The number of nitrogens with zero attached hydrogens (tertiary/aromatic N) is 2. The van der Waals surface area contributed by atoms with E-state index in [-0.39, 0.29) is 6.03 Å². The predicted molar refractivity (Wildman–Crippen MR) is 72.3 cm³/mol. The standard InChI is InChI=1S/C13H18N4O/c18-13-15-7-10-17(13)12-3-1-11(2-4-12)16-8-5-14-6-9-16/h1-4,14H,5-10H2,(H,15,18). The van der Waals surface area contributed by atoms with E-state index in [0.29, 0.717) is 0 Å². The monoisotopic (exact) mass is 246 g/mol. The quantitative estimate of drug-likeness (QED) is 0.804. The summed E-state index contributed by atoms with van der Waals surface area (Å²) < 4.78 is 0. The van der Waals surface area contributed by atoms with Crippen LogP contribution in [0, 0.1) is 0 Å². The first-order valence-electron chi connectivity index (χ1n) is 6.46. The Morgan fingerprint density at radius 2 is 1.56 bits per heavy atom. The lowest BCUT2D eigenvalue weighted by atomic mass is 10.2. The molecule has 2 amide bonds. The molecule has 3 rings (SSSR count). The summed E-state index contributed by atoms with van der Waals surface area (Å²) in [6.07, 6.45) is 0. The van der Waals surface area contributed by atoms with Gasteiger partial charge in [-0.1, -0.05) is 0 Å². The van der Waals surface area contributed by atoms with Gasteiger partial charge in [0.05, 0.1) is 0 Å². The highest BCUT2D eigenvalue weighted by atomic mass is 16.2. The number of rotatable bonds is 2. The molecule has 2 fully saturated rings. The van der Waals surface area contributed by atoms with Crippen LogP contribution < -0.4 is 20.4 Å². The van der Waals surface area contributed by atoms with Crippen LogP contribution in [0.2, 0.25) is 0 Å². The lowest BCUT2D eigenvalue weighted by Gasteiger charge is -2.29. The lowest BCUT2D eigenvalue weighted by Crippen LogP contribution is -2.43. The molecule has 0 aliphatic carbocycles. The summed E-state index contributed by atoms with van der Waals surface area (Å²) in [7, 11) is 0. The summed E-state index contributed by atoms with van der Waals surface area (Å²) in [4.78, 5) is 15.7. The molecule has 2 aliphatic rings. The highest BCUT2D eigenvalue weighted by molar-refractivity contribution is 5.94. The molecule has 0 saturated carbocycles. The zero-order valence-corrected chi connectivity index (χ0v) is 10.4. The summed E-state index contributed by atoms with van der Waals surface area (Å²) in [5.74, 6) is 0. The second-order valence-corrected chi connectivity index (χ2v) is 4.64. The van der Waals surface area contributed by atoms with Gasteiger partial charge in [-0.3, -0.25) is 4.90 Å². The molecule has 1 aromatic carbocycles. The molecule has 5 nitrogen and oxygen atoms in total. The van der Waals surface area contributed by atoms with Gasteiger partial charge >= 0.3 is 6.03 Å². The molecule has 0 unspecified atom stereocenters. The van der Waals surface area contributed by atoms with E-state index in [1.54, 1.807) is 4.90 Å². The molecule has 0 aromatic heterocycles. The number of carbonyl (C=O) groups is 1. The summed E-state index contributed by atoms with van der Waals surface area (Å²) in [5.41, 5.74) is 2.21. The molecule has 2 aliphatic heterocycles. The number of anilines is 2. The molecule has 0 bridgehead atoms. The smallest absolute Gasteiger partial charge is 0.321 e. The van der Waals surface area contributed by atoms with Crippen LogP contribution in [0.4, 0.5) is 16.2 Å². The van der Waals surface area contributed by atoms with Crippen LogP contribution in [-0.4, -0.2) is 45.3 Å². The third-order valence-electron chi connectivity index (χ3n) is 3.50. The van der Waals surface area contributed by atoms with Crippen molar-refractivity contribution in [3.8, 4) is 0 Å². The molecule has 2 N–H and O–H groups in total. The molecule has 0 radical (unpaired) electrons. The normalized spacial score (nSPS) is 20.1. The van der Waals surface area contributed by atoms with Gasteiger partial charge in [-0.25, -0.2) is 4.79 Å². The number of hydrogen-bond donors (Lipinski definition) is 2. The van der Waals surface area contributed by atoms with Crippen LogP contribution in [0.5, 0.6) is 0 Å². The lowest BCUT2D eigenvalue weighted by molar-refractivity contribution is 0.252. The van der Waals surface area contributed by atoms with E-state index in [9.17, 15) is 4.79 Å². The van der Waals surface area contributed by atoms with Crippen LogP contribution in [0.15, 0.2) is 24.3 Å². The van der Waals surface area contributed by atoms with Crippen molar-refractivity contribution in [2.45, 2.75) is 0 Å². The molecule has 2 heterocycles. The topological polar surface area (TPSA) is 47.6 Å². The third-order valence-corrected chi connectivity index (χ3v) is 3.50. The van der Waals surface area contributed by atoms with Gasteiger partial charge in [0.1, 0.15) is 0 Å². The van der Waals surface area contributed by atoms with Gasteiger partial charge in [0.25, 0.3) is 0 Å². The Morgan fingerprint density at radius 1 is 0.889 bits per heavy atom.